The summed E-state index contributed by atoms with van der Waals surface area (Å²) in [6.45, 7) is 6.82. The Kier molecular flexibility index (Phi) is 7.34. The lowest BCUT2D eigenvalue weighted by molar-refractivity contribution is -0.137. The van der Waals surface area contributed by atoms with Crippen LogP contribution in [0.4, 0.5) is 0 Å². The molecule has 3 aromatic rings. The maximum absolute atomic E-state index is 10.8. The minimum Gasteiger partial charge on any atom is -0.534 e. The summed E-state index contributed by atoms with van der Waals surface area (Å²) in [7, 11) is -2.64. The molecule has 3 rings (SSSR count). The molecule has 0 unspecified atom stereocenters. The quantitative estimate of drug-likeness (QED) is 0.363. The number of carbonyl (C=O) groups is 1. The highest BCUT2D eigenvalue weighted by Gasteiger charge is 2.52. The summed E-state index contributed by atoms with van der Waals surface area (Å²) in [5.41, 5.74) is 1.18. The van der Waals surface area contributed by atoms with Crippen molar-refractivity contribution in [2.24, 2.45) is 0 Å². The topological polar surface area (TPSA) is 46.5 Å². The Bertz CT molecular complexity index is 939. The van der Waals surface area contributed by atoms with E-state index in [0.717, 1.165) is 18.6 Å². The van der Waals surface area contributed by atoms with Gasteiger partial charge >= 0.3 is 14.3 Å². The van der Waals surface area contributed by atoms with Crippen molar-refractivity contribution in [3.63, 3.8) is 0 Å². The number of unbranched alkanes of at least 4 members (excludes halogenated alkanes) is 1. The number of hydrogen-bond donors (Lipinski definition) is 1. The first-order valence-electron chi connectivity index (χ1n) is 10.9. The van der Waals surface area contributed by atoms with E-state index in [1.807, 2.05) is 24.3 Å². The molecule has 0 spiro atoms. The number of hydrogen-bond acceptors (Lipinski definition) is 2. The van der Waals surface area contributed by atoms with Crippen LogP contribution in [0.2, 0.25) is 5.04 Å². The minimum absolute atomic E-state index is 0.0901. The summed E-state index contributed by atoms with van der Waals surface area (Å²) in [4.78, 5) is 10.8. The Morgan fingerprint density at radius 2 is 1.42 bits per heavy atom. The third-order valence-corrected chi connectivity index (χ3v) is 10.6. The van der Waals surface area contributed by atoms with E-state index in [1.165, 1.54) is 15.9 Å². The van der Waals surface area contributed by atoms with E-state index in [4.69, 9.17) is 9.53 Å². The second-order valence-electron chi connectivity index (χ2n) is 9.01. The first kappa shape index (κ1) is 22.8. The van der Waals surface area contributed by atoms with Crippen LogP contribution in [-0.2, 0) is 11.2 Å². The lowest BCUT2D eigenvalue weighted by Crippen LogP contribution is -2.68. The van der Waals surface area contributed by atoms with Gasteiger partial charge in [-0.15, -0.1) is 0 Å². The van der Waals surface area contributed by atoms with E-state index in [9.17, 15) is 4.79 Å². The van der Waals surface area contributed by atoms with Gasteiger partial charge in [0.05, 0.1) is 0 Å². The minimum atomic E-state index is -2.64. The second-order valence-corrected chi connectivity index (χ2v) is 13.2. The Labute approximate surface area is 186 Å². The van der Waals surface area contributed by atoms with Crippen molar-refractivity contribution >= 4 is 24.7 Å². The average Bonchev–Trinajstić information content (AvgIpc) is 2.75. The van der Waals surface area contributed by atoms with Gasteiger partial charge in [0.1, 0.15) is 5.75 Å². The summed E-state index contributed by atoms with van der Waals surface area (Å²) in [6, 6.07) is 29.5. The van der Waals surface area contributed by atoms with Crippen molar-refractivity contribution in [3.05, 3.63) is 90.5 Å². The van der Waals surface area contributed by atoms with Crippen molar-refractivity contribution in [3.8, 4) is 5.75 Å². The highest BCUT2D eigenvalue weighted by atomic mass is 28.4. The zero-order chi connectivity index (χ0) is 22.3. The number of aliphatic carboxylic acids is 1. The Morgan fingerprint density at radius 3 is 1.94 bits per heavy atom. The molecule has 0 radical (unpaired) electrons. The summed E-state index contributed by atoms with van der Waals surface area (Å²) in [5, 5.41) is 11.3. The zero-order valence-corrected chi connectivity index (χ0v) is 19.7. The predicted molar refractivity (Wildman–Crippen MR) is 130 cm³/mol. The van der Waals surface area contributed by atoms with E-state index in [1.54, 1.807) is 0 Å². The predicted octanol–water partition coefficient (Wildman–Crippen LogP) is 5.42. The van der Waals surface area contributed by atoms with Crippen LogP contribution in [0.5, 0.6) is 5.75 Å². The van der Waals surface area contributed by atoms with Crippen LogP contribution in [0, 0.1) is 0 Å². The molecule has 0 aromatic heterocycles. The van der Waals surface area contributed by atoms with Crippen LogP contribution in [0.1, 0.15) is 45.6 Å². The number of benzene rings is 3. The fraction of sp³-hybridized carbons (Fsp3) is 0.296. The molecule has 0 heterocycles. The molecule has 0 atom stereocenters. The molecule has 0 saturated heterocycles. The van der Waals surface area contributed by atoms with Crippen molar-refractivity contribution in [2.75, 3.05) is 0 Å². The standard InChI is InChI=1S/C27H32O3Si/c1-27(2,3)31(24-16-6-4-7-17-24,25-18-8-5-9-19-25)30-23-15-12-14-22(21-23)13-10-11-20-26(28)29/h4-9,12,14-19,21H,10-11,13,20H2,1-3H3,(H,28,29). The van der Waals surface area contributed by atoms with Crippen LogP contribution in [0.15, 0.2) is 84.9 Å². The summed E-state index contributed by atoms with van der Waals surface area (Å²) in [5.74, 6) is 0.147. The third kappa shape index (κ3) is 5.45. The average molecular weight is 433 g/mol. The van der Waals surface area contributed by atoms with Crippen LogP contribution >= 0.6 is 0 Å². The molecule has 0 aliphatic rings. The normalized spacial score (nSPS) is 11.8. The molecule has 162 valence electrons. The first-order valence-corrected chi connectivity index (χ1v) is 12.8. The van der Waals surface area contributed by atoms with Gasteiger partial charge in [-0.05, 0) is 52.4 Å². The lowest BCUT2D eigenvalue weighted by Gasteiger charge is -2.43. The number of carboxylic acids is 1. The summed E-state index contributed by atoms with van der Waals surface area (Å²) >= 11 is 0. The molecule has 0 amide bonds. The van der Waals surface area contributed by atoms with E-state index < -0.39 is 14.3 Å². The molecule has 4 heteroatoms. The van der Waals surface area contributed by atoms with Gasteiger partial charge in [0.25, 0.3) is 0 Å². The lowest BCUT2D eigenvalue weighted by atomic mass is 10.1. The maximum Gasteiger partial charge on any atom is 0.319 e. The molecule has 0 saturated carbocycles. The monoisotopic (exact) mass is 432 g/mol. The molecule has 0 aliphatic carbocycles. The van der Waals surface area contributed by atoms with Crippen molar-refractivity contribution in [1.82, 2.24) is 0 Å². The van der Waals surface area contributed by atoms with Crippen molar-refractivity contribution < 1.29 is 14.3 Å². The number of aryl methyl sites for hydroxylation is 1. The number of rotatable bonds is 9. The highest BCUT2D eigenvalue weighted by molar-refractivity contribution is 7.00. The number of carboxylic acid groups (broad SMARTS) is 1. The third-order valence-electron chi connectivity index (χ3n) is 5.69. The van der Waals surface area contributed by atoms with Gasteiger partial charge in [0.2, 0.25) is 0 Å². The Morgan fingerprint density at radius 1 is 0.839 bits per heavy atom. The van der Waals surface area contributed by atoms with Crippen LogP contribution < -0.4 is 14.8 Å². The Balaban J connectivity index is 1.98. The van der Waals surface area contributed by atoms with E-state index >= 15 is 0 Å². The smallest absolute Gasteiger partial charge is 0.319 e. The van der Waals surface area contributed by atoms with Crippen LogP contribution in [0.3, 0.4) is 0 Å². The molecule has 0 bridgehead atoms. The van der Waals surface area contributed by atoms with Crippen molar-refractivity contribution in [2.45, 2.75) is 51.5 Å². The highest BCUT2D eigenvalue weighted by Crippen LogP contribution is 2.37. The SMILES string of the molecule is CC(C)(C)[Si](Oc1cccc(CCCCC(=O)O)c1)(c1ccccc1)c1ccccc1. The summed E-state index contributed by atoms with van der Waals surface area (Å²) < 4.78 is 7.07. The van der Waals surface area contributed by atoms with Gasteiger partial charge < -0.3 is 9.53 Å². The molecule has 3 aromatic carbocycles. The van der Waals surface area contributed by atoms with Gasteiger partial charge in [-0.3, -0.25) is 4.79 Å². The fourth-order valence-electron chi connectivity index (χ4n) is 4.20. The Hall–Kier alpha value is -2.85. The van der Waals surface area contributed by atoms with Gasteiger partial charge in [-0.1, -0.05) is 93.6 Å². The molecule has 0 aliphatic heterocycles. The zero-order valence-electron chi connectivity index (χ0n) is 18.7. The second kappa shape index (κ2) is 9.97. The van der Waals surface area contributed by atoms with Gasteiger partial charge in [0.15, 0.2) is 0 Å². The molecule has 3 nitrogen and oxygen atoms in total. The molecule has 31 heavy (non-hydrogen) atoms. The van der Waals surface area contributed by atoms with Crippen molar-refractivity contribution in [1.29, 1.82) is 0 Å². The van der Waals surface area contributed by atoms with Crippen LogP contribution in [-0.4, -0.2) is 19.4 Å². The van der Waals surface area contributed by atoms with Gasteiger partial charge in [-0.25, -0.2) is 0 Å². The maximum atomic E-state index is 10.8. The fourth-order valence-corrected chi connectivity index (χ4v) is 8.61. The van der Waals surface area contributed by atoms with E-state index in [-0.39, 0.29) is 11.5 Å². The molecule has 1 N–H and O–H groups in total. The first-order chi connectivity index (χ1) is 14.8. The summed E-state index contributed by atoms with van der Waals surface area (Å²) in [6.07, 6.45) is 2.62. The molecular weight excluding hydrogens is 400 g/mol. The van der Waals surface area contributed by atoms with E-state index in [0.29, 0.717) is 6.42 Å². The largest absolute Gasteiger partial charge is 0.534 e. The van der Waals surface area contributed by atoms with Gasteiger partial charge in [0, 0.05) is 6.42 Å². The van der Waals surface area contributed by atoms with E-state index in [2.05, 4.69) is 81.4 Å². The van der Waals surface area contributed by atoms with Crippen LogP contribution in [0.25, 0.3) is 0 Å². The molecular formula is C27H32O3Si. The van der Waals surface area contributed by atoms with Gasteiger partial charge in [-0.2, -0.15) is 0 Å². The molecule has 0 fully saturated rings.